The van der Waals surface area contributed by atoms with E-state index in [-0.39, 0.29) is 11.3 Å². The minimum atomic E-state index is -2.20. The van der Waals surface area contributed by atoms with Gasteiger partial charge >= 0.3 is 0 Å². The third kappa shape index (κ3) is 2.57. The van der Waals surface area contributed by atoms with E-state index < -0.39 is 41.1 Å². The molecule has 21 heavy (non-hydrogen) atoms. The molecule has 1 nitrogen and oxygen atoms in total. The number of phenolic OH excluding ortho intramolecular Hbond substituents is 1. The number of aromatic hydroxyl groups is 1. The van der Waals surface area contributed by atoms with Crippen LogP contribution in [0.3, 0.4) is 0 Å². The minimum absolute atomic E-state index is 0.0932. The summed E-state index contributed by atoms with van der Waals surface area (Å²) in [7, 11) is 0. The van der Waals surface area contributed by atoms with Crippen molar-refractivity contribution in [2.75, 3.05) is 0 Å². The maximum Gasteiger partial charge on any atom is 0.200 e. The highest BCUT2D eigenvalue weighted by molar-refractivity contribution is 5.45. The molecule has 0 spiro atoms. The van der Waals surface area contributed by atoms with E-state index in [9.17, 15) is 27.1 Å². The average molecular weight is 302 g/mol. The van der Waals surface area contributed by atoms with Gasteiger partial charge < -0.3 is 5.11 Å². The molecule has 6 heteroatoms. The number of aryl methyl sites for hydroxylation is 2. The normalized spacial score (nSPS) is 11.0. The van der Waals surface area contributed by atoms with E-state index >= 15 is 0 Å². The van der Waals surface area contributed by atoms with Gasteiger partial charge in [-0.1, -0.05) is 17.7 Å². The predicted molar refractivity (Wildman–Crippen MR) is 66.6 cm³/mol. The van der Waals surface area contributed by atoms with Gasteiger partial charge in [0.1, 0.15) is 5.75 Å². The zero-order valence-corrected chi connectivity index (χ0v) is 11.2. The molecule has 2 aromatic carbocycles. The highest BCUT2D eigenvalue weighted by Gasteiger charge is 2.26. The van der Waals surface area contributed by atoms with Crippen LogP contribution < -0.4 is 0 Å². The number of halogens is 5. The zero-order chi connectivity index (χ0) is 15.9. The second-order valence-electron chi connectivity index (χ2n) is 4.81. The van der Waals surface area contributed by atoms with Crippen LogP contribution in [0.1, 0.15) is 22.3 Å². The summed E-state index contributed by atoms with van der Waals surface area (Å²) in [5.74, 6) is -10.2. The minimum Gasteiger partial charge on any atom is -0.507 e. The van der Waals surface area contributed by atoms with Gasteiger partial charge in [-0.2, -0.15) is 0 Å². The standard InChI is InChI=1S/C15H11F5O/c1-6-3-7(2)15(21)8(4-6)5-9-10(16)12(18)14(20)13(19)11(9)17/h3-4,21H,5H2,1-2H3. The van der Waals surface area contributed by atoms with Gasteiger partial charge in [0, 0.05) is 12.0 Å². The van der Waals surface area contributed by atoms with Crippen LogP contribution in [0.5, 0.6) is 5.75 Å². The van der Waals surface area contributed by atoms with Crippen LogP contribution in [0, 0.1) is 42.9 Å². The van der Waals surface area contributed by atoms with Crippen molar-refractivity contribution in [2.45, 2.75) is 20.3 Å². The van der Waals surface area contributed by atoms with Gasteiger partial charge in [-0.15, -0.1) is 0 Å². The number of hydrogen-bond donors (Lipinski definition) is 1. The van der Waals surface area contributed by atoms with Crippen molar-refractivity contribution in [3.05, 3.63) is 63.5 Å². The molecule has 112 valence electrons. The topological polar surface area (TPSA) is 20.2 Å². The molecule has 0 saturated heterocycles. The molecule has 0 amide bonds. The molecule has 0 aromatic heterocycles. The monoisotopic (exact) mass is 302 g/mol. The summed E-state index contributed by atoms with van der Waals surface area (Å²) < 4.78 is 66.5. The van der Waals surface area contributed by atoms with Gasteiger partial charge in [0.05, 0.1) is 0 Å². The highest BCUT2D eigenvalue weighted by Crippen LogP contribution is 2.30. The van der Waals surface area contributed by atoms with E-state index in [2.05, 4.69) is 0 Å². The van der Waals surface area contributed by atoms with Crippen molar-refractivity contribution in [1.29, 1.82) is 0 Å². The Morgan fingerprint density at radius 2 is 1.29 bits per heavy atom. The summed E-state index contributed by atoms with van der Waals surface area (Å²) in [5.41, 5.74) is 0.278. The molecule has 2 aromatic rings. The van der Waals surface area contributed by atoms with Gasteiger partial charge in [-0.3, -0.25) is 0 Å². The first kappa shape index (κ1) is 15.3. The molecule has 0 aliphatic carbocycles. The fourth-order valence-electron chi connectivity index (χ4n) is 2.18. The molecule has 0 radical (unpaired) electrons. The largest absolute Gasteiger partial charge is 0.507 e. The van der Waals surface area contributed by atoms with Crippen LogP contribution in [-0.4, -0.2) is 5.11 Å². The molecule has 0 aliphatic rings. The molecular weight excluding hydrogens is 291 g/mol. The van der Waals surface area contributed by atoms with Crippen molar-refractivity contribution in [3.8, 4) is 5.75 Å². The molecular formula is C15H11F5O. The first-order valence-electron chi connectivity index (χ1n) is 6.03. The number of phenols is 1. The van der Waals surface area contributed by atoms with Crippen LogP contribution in [0.4, 0.5) is 22.0 Å². The lowest BCUT2D eigenvalue weighted by atomic mass is 9.98. The number of rotatable bonds is 2. The Kier molecular flexibility index (Phi) is 3.89. The molecule has 0 saturated carbocycles. The van der Waals surface area contributed by atoms with E-state index in [1.807, 2.05) is 0 Å². The summed E-state index contributed by atoms with van der Waals surface area (Å²) in [6.07, 6.45) is -0.597. The van der Waals surface area contributed by atoms with Gasteiger partial charge in [0.15, 0.2) is 23.3 Å². The SMILES string of the molecule is Cc1cc(C)c(O)c(Cc2c(F)c(F)c(F)c(F)c2F)c1. The van der Waals surface area contributed by atoms with Crippen molar-refractivity contribution >= 4 is 0 Å². The zero-order valence-electron chi connectivity index (χ0n) is 11.2. The smallest absolute Gasteiger partial charge is 0.200 e. The van der Waals surface area contributed by atoms with E-state index in [0.717, 1.165) is 0 Å². The van der Waals surface area contributed by atoms with Gasteiger partial charge in [0.25, 0.3) is 0 Å². The predicted octanol–water partition coefficient (Wildman–Crippen LogP) is 4.30. The van der Waals surface area contributed by atoms with Gasteiger partial charge in [-0.05, 0) is 25.0 Å². The maximum absolute atomic E-state index is 13.6. The maximum atomic E-state index is 13.6. The lowest BCUT2D eigenvalue weighted by Gasteiger charge is -2.12. The average Bonchev–Trinajstić information content (AvgIpc) is 2.44. The summed E-state index contributed by atoms with van der Waals surface area (Å²) in [6, 6.07) is 3.07. The molecule has 0 atom stereocenters. The summed E-state index contributed by atoms with van der Waals surface area (Å²) in [4.78, 5) is 0. The number of benzene rings is 2. The summed E-state index contributed by atoms with van der Waals surface area (Å²) in [5, 5.41) is 9.85. The fourth-order valence-corrected chi connectivity index (χ4v) is 2.18. The van der Waals surface area contributed by atoms with E-state index in [1.54, 1.807) is 19.9 Å². The lowest BCUT2D eigenvalue weighted by molar-refractivity contribution is 0.371. The lowest BCUT2D eigenvalue weighted by Crippen LogP contribution is -2.08. The Labute approximate surface area is 117 Å². The molecule has 1 N–H and O–H groups in total. The Balaban J connectivity index is 2.60. The van der Waals surface area contributed by atoms with Crippen LogP contribution in [0.25, 0.3) is 0 Å². The second-order valence-corrected chi connectivity index (χ2v) is 4.81. The molecule has 0 bridgehead atoms. The van der Waals surface area contributed by atoms with E-state index in [4.69, 9.17) is 0 Å². The second kappa shape index (κ2) is 5.35. The molecule has 0 aliphatic heterocycles. The Morgan fingerprint density at radius 3 is 1.81 bits per heavy atom. The van der Waals surface area contributed by atoms with Crippen LogP contribution in [0.2, 0.25) is 0 Å². The summed E-state index contributed by atoms with van der Waals surface area (Å²) >= 11 is 0. The Morgan fingerprint density at radius 1 is 0.810 bits per heavy atom. The van der Waals surface area contributed by atoms with Crippen molar-refractivity contribution in [2.24, 2.45) is 0 Å². The third-order valence-corrected chi connectivity index (χ3v) is 3.19. The third-order valence-electron chi connectivity index (χ3n) is 3.19. The number of hydrogen-bond acceptors (Lipinski definition) is 1. The highest BCUT2D eigenvalue weighted by atomic mass is 19.2. The van der Waals surface area contributed by atoms with Crippen LogP contribution in [0.15, 0.2) is 12.1 Å². The Hall–Kier alpha value is -2.11. The Bertz CT molecular complexity index is 696. The summed E-state index contributed by atoms with van der Waals surface area (Å²) in [6.45, 7) is 3.26. The first-order chi connectivity index (χ1) is 9.73. The van der Waals surface area contributed by atoms with Crippen molar-refractivity contribution in [1.82, 2.24) is 0 Å². The van der Waals surface area contributed by atoms with E-state index in [0.29, 0.717) is 11.1 Å². The molecule has 0 fully saturated rings. The van der Waals surface area contributed by atoms with Gasteiger partial charge in [0.2, 0.25) is 5.82 Å². The van der Waals surface area contributed by atoms with E-state index in [1.165, 1.54) is 6.07 Å². The molecule has 2 rings (SSSR count). The van der Waals surface area contributed by atoms with Crippen LogP contribution >= 0.6 is 0 Å². The van der Waals surface area contributed by atoms with Gasteiger partial charge in [-0.25, -0.2) is 22.0 Å². The first-order valence-corrected chi connectivity index (χ1v) is 6.03. The van der Waals surface area contributed by atoms with Crippen LogP contribution in [-0.2, 0) is 6.42 Å². The molecule has 0 heterocycles. The fraction of sp³-hybridized carbons (Fsp3) is 0.200. The van der Waals surface area contributed by atoms with Crippen molar-refractivity contribution < 1.29 is 27.1 Å². The quantitative estimate of drug-likeness (QED) is 0.498. The molecule has 0 unspecified atom stereocenters. The van der Waals surface area contributed by atoms with Crippen molar-refractivity contribution in [3.63, 3.8) is 0 Å².